The van der Waals surface area contributed by atoms with Crippen LogP contribution in [0.25, 0.3) is 0 Å². The largest absolute Gasteiger partial charge is 0.497 e. The number of ether oxygens (including phenoxy) is 1. The fourth-order valence-electron chi connectivity index (χ4n) is 1.82. The Kier molecular flexibility index (Phi) is 4.96. The molecule has 4 heteroatoms. The minimum Gasteiger partial charge on any atom is -0.497 e. The maximum Gasteiger partial charge on any atom is 0.173 e. The standard InChI is InChI=1S/C16H18N2OS/c1-18(12-13-6-4-3-5-7-13)16(20)17-14-8-10-15(19-2)11-9-14/h3-11H,12H2,1-2H3,(H,17,20). The van der Waals surface area contributed by atoms with E-state index in [1.165, 1.54) is 5.56 Å². The van der Waals surface area contributed by atoms with E-state index in [2.05, 4.69) is 17.4 Å². The maximum atomic E-state index is 5.40. The van der Waals surface area contributed by atoms with Gasteiger partial charge in [-0.05, 0) is 42.0 Å². The number of thiocarbonyl (C=S) groups is 1. The summed E-state index contributed by atoms with van der Waals surface area (Å²) in [5.41, 5.74) is 2.18. The molecule has 0 saturated carbocycles. The molecule has 0 spiro atoms. The molecule has 104 valence electrons. The summed E-state index contributed by atoms with van der Waals surface area (Å²) in [4.78, 5) is 2.01. The zero-order valence-electron chi connectivity index (χ0n) is 11.7. The first-order valence-corrected chi connectivity index (χ1v) is 6.80. The van der Waals surface area contributed by atoms with Crippen LogP contribution in [0, 0.1) is 0 Å². The number of nitrogens with one attached hydrogen (secondary N) is 1. The quantitative estimate of drug-likeness (QED) is 0.869. The molecular weight excluding hydrogens is 268 g/mol. The monoisotopic (exact) mass is 286 g/mol. The Hall–Kier alpha value is -2.07. The van der Waals surface area contributed by atoms with Crippen molar-refractivity contribution in [2.24, 2.45) is 0 Å². The molecule has 2 rings (SSSR count). The predicted molar refractivity (Wildman–Crippen MR) is 87.1 cm³/mol. The maximum absolute atomic E-state index is 5.40. The third kappa shape index (κ3) is 3.96. The van der Waals surface area contributed by atoms with E-state index in [0.717, 1.165) is 18.0 Å². The fraction of sp³-hybridized carbons (Fsp3) is 0.188. The van der Waals surface area contributed by atoms with Gasteiger partial charge in [-0.25, -0.2) is 0 Å². The number of benzene rings is 2. The van der Waals surface area contributed by atoms with Gasteiger partial charge in [0.05, 0.1) is 7.11 Å². The first-order valence-electron chi connectivity index (χ1n) is 6.39. The van der Waals surface area contributed by atoms with Gasteiger partial charge in [-0.15, -0.1) is 0 Å². The van der Waals surface area contributed by atoms with E-state index < -0.39 is 0 Å². The van der Waals surface area contributed by atoms with Crippen LogP contribution in [0.1, 0.15) is 5.56 Å². The molecule has 0 saturated heterocycles. The summed E-state index contributed by atoms with van der Waals surface area (Å²) >= 11 is 5.40. The van der Waals surface area contributed by atoms with Crippen LogP contribution in [0.5, 0.6) is 5.75 Å². The van der Waals surface area contributed by atoms with Crippen LogP contribution < -0.4 is 10.1 Å². The summed E-state index contributed by atoms with van der Waals surface area (Å²) in [5, 5.41) is 3.91. The Morgan fingerprint density at radius 2 is 1.75 bits per heavy atom. The summed E-state index contributed by atoms with van der Waals surface area (Å²) in [6.45, 7) is 0.781. The predicted octanol–water partition coefficient (Wildman–Crippen LogP) is 3.52. The lowest BCUT2D eigenvalue weighted by Crippen LogP contribution is -2.30. The molecular formula is C16H18N2OS. The van der Waals surface area contributed by atoms with Gasteiger partial charge in [0.15, 0.2) is 5.11 Å². The van der Waals surface area contributed by atoms with E-state index in [0.29, 0.717) is 5.11 Å². The lowest BCUT2D eigenvalue weighted by Gasteiger charge is -2.21. The van der Waals surface area contributed by atoms with Crippen molar-refractivity contribution in [2.75, 3.05) is 19.5 Å². The second-order valence-corrected chi connectivity index (χ2v) is 4.89. The van der Waals surface area contributed by atoms with Gasteiger partial charge in [-0.2, -0.15) is 0 Å². The molecule has 1 N–H and O–H groups in total. The zero-order valence-corrected chi connectivity index (χ0v) is 12.5. The average Bonchev–Trinajstić information content (AvgIpc) is 2.49. The van der Waals surface area contributed by atoms with Crippen molar-refractivity contribution in [3.05, 3.63) is 60.2 Å². The van der Waals surface area contributed by atoms with Gasteiger partial charge in [0, 0.05) is 19.3 Å². The van der Waals surface area contributed by atoms with Gasteiger partial charge < -0.3 is 15.0 Å². The molecule has 0 unspecified atom stereocenters. The van der Waals surface area contributed by atoms with Crippen molar-refractivity contribution in [1.82, 2.24) is 4.90 Å². The molecule has 0 fully saturated rings. The first kappa shape index (κ1) is 14.3. The number of hydrogen-bond donors (Lipinski definition) is 1. The first-order chi connectivity index (χ1) is 9.69. The van der Waals surface area contributed by atoms with Gasteiger partial charge in [0.25, 0.3) is 0 Å². The molecule has 0 aromatic heterocycles. The summed E-state index contributed by atoms with van der Waals surface area (Å²) in [7, 11) is 3.63. The summed E-state index contributed by atoms with van der Waals surface area (Å²) in [5.74, 6) is 0.833. The van der Waals surface area contributed by atoms with Crippen LogP contribution in [0.3, 0.4) is 0 Å². The normalized spacial score (nSPS) is 9.90. The fourth-order valence-corrected chi connectivity index (χ4v) is 2.00. The van der Waals surface area contributed by atoms with Gasteiger partial charge in [-0.1, -0.05) is 30.3 Å². The Labute approximate surface area is 125 Å². The number of rotatable bonds is 4. The minimum absolute atomic E-state index is 0.694. The molecule has 2 aromatic rings. The SMILES string of the molecule is COc1ccc(NC(=S)N(C)Cc2ccccc2)cc1. The van der Waals surface area contributed by atoms with Crippen LogP contribution in [0.2, 0.25) is 0 Å². The third-order valence-electron chi connectivity index (χ3n) is 2.95. The van der Waals surface area contributed by atoms with E-state index >= 15 is 0 Å². The molecule has 2 aromatic carbocycles. The molecule has 3 nitrogen and oxygen atoms in total. The zero-order chi connectivity index (χ0) is 14.4. The van der Waals surface area contributed by atoms with Gasteiger partial charge in [0.1, 0.15) is 5.75 Å². The molecule has 0 amide bonds. The highest BCUT2D eigenvalue weighted by Gasteiger charge is 2.05. The van der Waals surface area contributed by atoms with Crippen LogP contribution in [0.4, 0.5) is 5.69 Å². The lowest BCUT2D eigenvalue weighted by molar-refractivity contribution is 0.415. The van der Waals surface area contributed by atoms with Crippen LogP contribution in [-0.4, -0.2) is 24.2 Å². The van der Waals surface area contributed by atoms with Gasteiger partial charge in [0.2, 0.25) is 0 Å². The Morgan fingerprint density at radius 3 is 2.35 bits per heavy atom. The molecule has 0 bridgehead atoms. The Balaban J connectivity index is 1.93. The van der Waals surface area contributed by atoms with E-state index in [-0.39, 0.29) is 0 Å². The van der Waals surface area contributed by atoms with Crippen molar-refractivity contribution < 1.29 is 4.74 Å². The molecule has 20 heavy (non-hydrogen) atoms. The molecule has 0 radical (unpaired) electrons. The second-order valence-electron chi connectivity index (χ2n) is 4.50. The smallest absolute Gasteiger partial charge is 0.173 e. The van der Waals surface area contributed by atoms with Gasteiger partial charge in [-0.3, -0.25) is 0 Å². The molecule has 0 aliphatic rings. The van der Waals surface area contributed by atoms with E-state index in [1.807, 2.05) is 54.4 Å². The molecule has 0 atom stereocenters. The summed E-state index contributed by atoms with van der Waals surface area (Å²) < 4.78 is 5.13. The summed E-state index contributed by atoms with van der Waals surface area (Å²) in [6, 6.07) is 18.0. The van der Waals surface area contributed by atoms with Gasteiger partial charge >= 0.3 is 0 Å². The Bertz CT molecular complexity index is 554. The van der Waals surface area contributed by atoms with Crippen molar-refractivity contribution in [3.63, 3.8) is 0 Å². The van der Waals surface area contributed by atoms with E-state index in [9.17, 15) is 0 Å². The van der Waals surface area contributed by atoms with Crippen molar-refractivity contribution in [2.45, 2.75) is 6.54 Å². The highest BCUT2D eigenvalue weighted by atomic mass is 32.1. The number of hydrogen-bond acceptors (Lipinski definition) is 2. The number of nitrogens with zero attached hydrogens (tertiary/aromatic N) is 1. The average molecular weight is 286 g/mol. The van der Waals surface area contributed by atoms with Crippen LogP contribution >= 0.6 is 12.2 Å². The molecule has 0 aliphatic heterocycles. The third-order valence-corrected chi connectivity index (χ3v) is 3.36. The van der Waals surface area contributed by atoms with E-state index in [1.54, 1.807) is 7.11 Å². The van der Waals surface area contributed by atoms with Crippen LogP contribution in [-0.2, 0) is 6.54 Å². The second kappa shape index (κ2) is 6.91. The van der Waals surface area contributed by atoms with Crippen molar-refractivity contribution in [1.29, 1.82) is 0 Å². The summed E-state index contributed by atoms with van der Waals surface area (Å²) in [6.07, 6.45) is 0. The molecule has 0 heterocycles. The molecule has 0 aliphatic carbocycles. The number of methoxy groups -OCH3 is 1. The van der Waals surface area contributed by atoms with Crippen molar-refractivity contribution >= 4 is 23.0 Å². The lowest BCUT2D eigenvalue weighted by atomic mass is 10.2. The highest BCUT2D eigenvalue weighted by Crippen LogP contribution is 2.15. The van der Waals surface area contributed by atoms with E-state index in [4.69, 9.17) is 17.0 Å². The van der Waals surface area contributed by atoms with Crippen molar-refractivity contribution in [3.8, 4) is 5.75 Å². The number of anilines is 1. The van der Waals surface area contributed by atoms with Crippen LogP contribution in [0.15, 0.2) is 54.6 Å². The highest BCUT2D eigenvalue weighted by molar-refractivity contribution is 7.80. The minimum atomic E-state index is 0.694. The Morgan fingerprint density at radius 1 is 1.10 bits per heavy atom. The topological polar surface area (TPSA) is 24.5 Å².